The molecule has 3 rings (SSSR count). The van der Waals surface area contributed by atoms with Crippen LogP contribution in [0.5, 0.6) is 0 Å². The first kappa shape index (κ1) is 24.3. The lowest BCUT2D eigenvalue weighted by molar-refractivity contribution is 0.0121. The van der Waals surface area contributed by atoms with Gasteiger partial charge in [0.2, 0.25) is 0 Å². The monoisotopic (exact) mass is 444 g/mol. The number of allylic oxidation sites excluding steroid dienone is 2. The van der Waals surface area contributed by atoms with Gasteiger partial charge < -0.3 is 24.6 Å². The molecule has 176 valence electrons. The lowest BCUT2D eigenvalue weighted by atomic mass is 9.86. The highest BCUT2D eigenvalue weighted by Crippen LogP contribution is 2.28. The van der Waals surface area contributed by atoms with E-state index in [0.717, 1.165) is 24.1 Å². The number of nitrogens with one attached hydrogen (secondary N) is 1. The Morgan fingerprint density at radius 2 is 1.97 bits per heavy atom. The molecule has 7 heteroatoms. The average Bonchev–Trinajstić information content (AvgIpc) is 2.76. The van der Waals surface area contributed by atoms with Crippen molar-refractivity contribution in [1.82, 2.24) is 10.2 Å². The van der Waals surface area contributed by atoms with Gasteiger partial charge in [-0.05, 0) is 50.9 Å². The van der Waals surface area contributed by atoms with Gasteiger partial charge in [0.15, 0.2) is 5.88 Å². The Balaban J connectivity index is 1.56. The molecule has 1 aromatic carbocycles. The van der Waals surface area contributed by atoms with Crippen molar-refractivity contribution in [2.24, 2.45) is 5.92 Å². The van der Waals surface area contributed by atoms with Gasteiger partial charge in [-0.15, -0.1) is 0 Å². The van der Waals surface area contributed by atoms with Gasteiger partial charge in [0.05, 0.1) is 32.5 Å². The number of carbonyl (C=O) groups is 1. The zero-order chi connectivity index (χ0) is 23.0. The van der Waals surface area contributed by atoms with Crippen LogP contribution in [0.2, 0.25) is 0 Å². The summed E-state index contributed by atoms with van der Waals surface area (Å²) in [6, 6.07) is 10.0. The molecular weight excluding hydrogens is 408 g/mol. The molecule has 2 aliphatic rings. The van der Waals surface area contributed by atoms with Crippen LogP contribution >= 0.6 is 0 Å². The zero-order valence-corrected chi connectivity index (χ0v) is 19.4. The van der Waals surface area contributed by atoms with Crippen molar-refractivity contribution in [2.75, 3.05) is 32.8 Å². The van der Waals surface area contributed by atoms with Crippen LogP contribution in [0.3, 0.4) is 0 Å². The average molecular weight is 445 g/mol. The molecule has 0 bridgehead atoms. The molecule has 2 atom stereocenters. The highest BCUT2D eigenvalue weighted by atomic mass is 16.6. The zero-order valence-electron chi connectivity index (χ0n) is 19.4. The molecule has 32 heavy (non-hydrogen) atoms. The van der Waals surface area contributed by atoms with Crippen LogP contribution in [0.1, 0.15) is 39.2 Å². The summed E-state index contributed by atoms with van der Waals surface area (Å²) in [6.07, 6.45) is 4.41. The summed E-state index contributed by atoms with van der Waals surface area (Å²) in [4.78, 5) is 14.4. The van der Waals surface area contributed by atoms with Crippen molar-refractivity contribution < 1.29 is 24.1 Å². The van der Waals surface area contributed by atoms with Crippen LogP contribution in [0.25, 0.3) is 0 Å². The first-order valence-electron chi connectivity index (χ1n) is 11.4. The SMILES string of the molecule is CC(C)(C)OC(=O)N1CC(C2CCNCC2O)=CC=C1OCCCOCc1ccccc1. The Bertz CT molecular complexity index is 800. The van der Waals surface area contributed by atoms with Crippen molar-refractivity contribution in [2.45, 2.75) is 51.9 Å². The molecule has 2 unspecified atom stereocenters. The van der Waals surface area contributed by atoms with E-state index in [4.69, 9.17) is 14.2 Å². The quantitative estimate of drug-likeness (QED) is 0.597. The van der Waals surface area contributed by atoms with Gasteiger partial charge in [0.25, 0.3) is 0 Å². The standard InChI is InChI=1S/C25H36N2O5/c1-25(2,3)32-24(29)27-17-20(21-12-13-26-16-22(21)28)10-11-23(27)31-15-7-14-30-18-19-8-5-4-6-9-19/h4-6,8-11,21-22,26,28H,7,12-18H2,1-3H3. The molecule has 2 N–H and O–H groups in total. The molecule has 0 saturated carbocycles. The predicted octanol–water partition coefficient (Wildman–Crippen LogP) is 3.60. The second-order valence-corrected chi connectivity index (χ2v) is 9.22. The van der Waals surface area contributed by atoms with Crippen LogP contribution < -0.4 is 5.32 Å². The molecular formula is C25H36N2O5. The summed E-state index contributed by atoms with van der Waals surface area (Å²) in [5.74, 6) is 0.486. The lowest BCUT2D eigenvalue weighted by Gasteiger charge is -2.36. The third-order valence-corrected chi connectivity index (χ3v) is 5.38. The summed E-state index contributed by atoms with van der Waals surface area (Å²) in [5.41, 5.74) is 1.55. The molecule has 0 aliphatic carbocycles. The Morgan fingerprint density at radius 1 is 1.19 bits per heavy atom. The fraction of sp³-hybridized carbons (Fsp3) is 0.560. The van der Waals surface area contributed by atoms with E-state index in [1.54, 1.807) is 0 Å². The molecule has 1 fully saturated rings. The van der Waals surface area contributed by atoms with E-state index in [1.807, 2.05) is 63.3 Å². The van der Waals surface area contributed by atoms with Crippen LogP contribution in [-0.4, -0.2) is 60.7 Å². The van der Waals surface area contributed by atoms with Gasteiger partial charge in [-0.1, -0.05) is 36.4 Å². The number of nitrogens with zero attached hydrogens (tertiary/aromatic N) is 1. The summed E-state index contributed by atoms with van der Waals surface area (Å²) >= 11 is 0. The van der Waals surface area contributed by atoms with Crippen LogP contribution in [-0.2, 0) is 20.8 Å². The van der Waals surface area contributed by atoms with Crippen LogP contribution in [0, 0.1) is 5.92 Å². The van der Waals surface area contributed by atoms with Crippen molar-refractivity contribution in [1.29, 1.82) is 0 Å². The first-order chi connectivity index (χ1) is 15.3. The largest absolute Gasteiger partial charge is 0.479 e. The number of hydrogen-bond acceptors (Lipinski definition) is 6. The number of ether oxygens (including phenoxy) is 3. The third-order valence-electron chi connectivity index (χ3n) is 5.38. The van der Waals surface area contributed by atoms with E-state index < -0.39 is 17.8 Å². The molecule has 0 aromatic heterocycles. The minimum Gasteiger partial charge on any atom is -0.479 e. The number of carbonyl (C=O) groups excluding carboxylic acids is 1. The van der Waals surface area contributed by atoms with Crippen molar-refractivity contribution >= 4 is 6.09 Å². The topological polar surface area (TPSA) is 80.3 Å². The van der Waals surface area contributed by atoms with E-state index in [9.17, 15) is 9.90 Å². The first-order valence-corrected chi connectivity index (χ1v) is 11.4. The van der Waals surface area contributed by atoms with Gasteiger partial charge in [-0.2, -0.15) is 0 Å². The number of piperidine rings is 1. The Hall–Kier alpha value is -2.35. The van der Waals surface area contributed by atoms with E-state index in [-0.39, 0.29) is 5.92 Å². The number of benzene rings is 1. The highest BCUT2D eigenvalue weighted by molar-refractivity contribution is 5.71. The van der Waals surface area contributed by atoms with Crippen LogP contribution in [0.4, 0.5) is 4.79 Å². The molecule has 7 nitrogen and oxygen atoms in total. The van der Waals surface area contributed by atoms with E-state index in [2.05, 4.69) is 5.32 Å². The highest BCUT2D eigenvalue weighted by Gasteiger charge is 2.33. The smallest absolute Gasteiger partial charge is 0.417 e. The van der Waals surface area contributed by atoms with Gasteiger partial charge in [-0.3, -0.25) is 0 Å². The Morgan fingerprint density at radius 3 is 2.69 bits per heavy atom. The van der Waals surface area contributed by atoms with Gasteiger partial charge >= 0.3 is 6.09 Å². The fourth-order valence-electron chi connectivity index (χ4n) is 3.80. The van der Waals surface area contributed by atoms with Crippen molar-refractivity contribution in [3.63, 3.8) is 0 Å². The predicted molar refractivity (Wildman–Crippen MR) is 123 cm³/mol. The molecule has 0 spiro atoms. The maximum Gasteiger partial charge on any atom is 0.417 e. The van der Waals surface area contributed by atoms with Gasteiger partial charge in [0, 0.05) is 18.9 Å². The Labute approximate surface area is 191 Å². The molecule has 1 saturated heterocycles. The lowest BCUT2D eigenvalue weighted by Crippen LogP contribution is -2.45. The number of amides is 1. The summed E-state index contributed by atoms with van der Waals surface area (Å²) in [5, 5.41) is 13.6. The number of aliphatic hydroxyl groups is 1. The normalized spacial score (nSPS) is 21.6. The number of aliphatic hydroxyl groups excluding tert-OH is 1. The van der Waals surface area contributed by atoms with Crippen LogP contribution in [0.15, 0.2) is 53.9 Å². The molecule has 2 heterocycles. The van der Waals surface area contributed by atoms with E-state index in [0.29, 0.717) is 45.2 Å². The number of rotatable bonds is 8. The maximum atomic E-state index is 12.9. The van der Waals surface area contributed by atoms with E-state index in [1.165, 1.54) is 4.90 Å². The molecule has 2 aliphatic heterocycles. The second kappa shape index (κ2) is 11.5. The second-order valence-electron chi connectivity index (χ2n) is 9.22. The van der Waals surface area contributed by atoms with E-state index >= 15 is 0 Å². The maximum absolute atomic E-state index is 12.9. The van der Waals surface area contributed by atoms with Gasteiger partial charge in [0.1, 0.15) is 5.60 Å². The Kier molecular flexibility index (Phi) is 8.73. The fourth-order valence-corrected chi connectivity index (χ4v) is 3.80. The molecule has 1 aromatic rings. The number of β-amino-alcohol motifs (C(OH)–C–C–N with tert-alkyl or cyclic N) is 1. The van der Waals surface area contributed by atoms with Gasteiger partial charge in [-0.25, -0.2) is 9.69 Å². The third kappa shape index (κ3) is 7.36. The van der Waals surface area contributed by atoms with Crippen molar-refractivity contribution in [3.05, 3.63) is 59.5 Å². The molecule has 1 amide bonds. The minimum absolute atomic E-state index is 0.0189. The molecule has 0 radical (unpaired) electrons. The number of hydrogen-bond donors (Lipinski definition) is 2. The summed E-state index contributed by atoms with van der Waals surface area (Å²) in [6.45, 7) is 8.86. The summed E-state index contributed by atoms with van der Waals surface area (Å²) in [7, 11) is 0. The summed E-state index contributed by atoms with van der Waals surface area (Å²) < 4.78 is 17.2. The van der Waals surface area contributed by atoms with Crippen molar-refractivity contribution in [3.8, 4) is 0 Å². The minimum atomic E-state index is -0.608.